The summed E-state index contributed by atoms with van der Waals surface area (Å²) in [6, 6.07) is 10.6. The Bertz CT molecular complexity index is 539. The first-order chi connectivity index (χ1) is 7.58. The normalized spacial score (nSPS) is 10.4. The summed E-state index contributed by atoms with van der Waals surface area (Å²) < 4.78 is 1.98. The molecule has 0 radical (unpaired) electrons. The third kappa shape index (κ3) is 2.42. The van der Waals surface area contributed by atoms with E-state index in [0.29, 0.717) is 0 Å². The Morgan fingerprint density at radius 1 is 0.812 bits per heavy atom. The quantitative estimate of drug-likeness (QED) is 0.662. The summed E-state index contributed by atoms with van der Waals surface area (Å²) in [5, 5.41) is 19.2. The van der Waals surface area contributed by atoms with Crippen LogP contribution in [0, 0.1) is 7.14 Å². The summed E-state index contributed by atoms with van der Waals surface area (Å²) in [6.07, 6.45) is 0. The van der Waals surface area contributed by atoms with Gasteiger partial charge in [-0.25, -0.2) is 0 Å². The Balaban J connectivity index is 2.62. The summed E-state index contributed by atoms with van der Waals surface area (Å²) in [5.41, 5.74) is 1.71. The second-order valence-electron chi connectivity index (χ2n) is 3.33. The molecular weight excluding hydrogens is 430 g/mol. The van der Waals surface area contributed by atoms with Crippen molar-refractivity contribution in [2.45, 2.75) is 0 Å². The van der Waals surface area contributed by atoms with E-state index in [9.17, 15) is 10.2 Å². The van der Waals surface area contributed by atoms with Gasteiger partial charge in [0.05, 0.1) is 0 Å². The van der Waals surface area contributed by atoms with Crippen molar-refractivity contribution in [3.8, 4) is 22.6 Å². The molecule has 0 fully saturated rings. The molecule has 2 rings (SSSR count). The van der Waals surface area contributed by atoms with Crippen molar-refractivity contribution in [3.05, 3.63) is 43.5 Å². The molecule has 0 aromatic heterocycles. The average molecular weight is 438 g/mol. The van der Waals surface area contributed by atoms with Crippen LogP contribution in [0.2, 0.25) is 0 Å². The van der Waals surface area contributed by atoms with Gasteiger partial charge >= 0.3 is 0 Å². The average Bonchev–Trinajstić information content (AvgIpc) is 2.22. The fourth-order valence-electron chi connectivity index (χ4n) is 1.45. The van der Waals surface area contributed by atoms with E-state index in [2.05, 4.69) is 45.2 Å². The predicted molar refractivity (Wildman–Crippen MR) is 80.6 cm³/mol. The summed E-state index contributed by atoms with van der Waals surface area (Å²) in [5.74, 6) is 0.488. The highest BCUT2D eigenvalue weighted by Crippen LogP contribution is 2.34. The number of rotatable bonds is 1. The first-order valence-corrected chi connectivity index (χ1v) is 6.71. The summed E-state index contributed by atoms with van der Waals surface area (Å²) in [7, 11) is 0. The van der Waals surface area contributed by atoms with Crippen molar-refractivity contribution in [3.63, 3.8) is 0 Å². The van der Waals surface area contributed by atoms with Crippen molar-refractivity contribution in [1.29, 1.82) is 0 Å². The molecule has 2 nitrogen and oxygen atoms in total. The SMILES string of the molecule is Oc1ccc(-c2cc(I)ccc2O)c(I)c1. The molecule has 2 N–H and O–H groups in total. The summed E-state index contributed by atoms with van der Waals surface area (Å²) in [4.78, 5) is 0. The van der Waals surface area contributed by atoms with Crippen LogP contribution in [0.15, 0.2) is 36.4 Å². The van der Waals surface area contributed by atoms with Gasteiger partial charge in [0.25, 0.3) is 0 Å². The highest BCUT2D eigenvalue weighted by atomic mass is 127. The Morgan fingerprint density at radius 2 is 1.56 bits per heavy atom. The molecule has 0 amide bonds. The number of aromatic hydroxyl groups is 2. The lowest BCUT2D eigenvalue weighted by Crippen LogP contribution is -1.84. The standard InChI is InChI=1S/C12H8I2O2/c13-7-1-4-12(16)10(5-7)9-3-2-8(15)6-11(9)14/h1-6,15-16H. The van der Waals surface area contributed by atoms with Gasteiger partial charge in [0.15, 0.2) is 0 Å². The zero-order valence-electron chi connectivity index (χ0n) is 8.11. The lowest BCUT2D eigenvalue weighted by atomic mass is 10.0. The molecule has 0 bridgehead atoms. The van der Waals surface area contributed by atoms with E-state index in [1.165, 1.54) is 0 Å². The maximum atomic E-state index is 9.81. The molecule has 0 aliphatic heterocycles. The molecule has 0 spiro atoms. The molecule has 2 aromatic carbocycles. The van der Waals surface area contributed by atoms with E-state index in [1.807, 2.05) is 18.2 Å². The highest BCUT2D eigenvalue weighted by Gasteiger charge is 2.08. The zero-order valence-corrected chi connectivity index (χ0v) is 12.4. The molecule has 0 saturated carbocycles. The molecule has 0 saturated heterocycles. The topological polar surface area (TPSA) is 40.5 Å². The van der Waals surface area contributed by atoms with Gasteiger partial charge in [0, 0.05) is 12.7 Å². The van der Waals surface area contributed by atoms with Gasteiger partial charge < -0.3 is 10.2 Å². The van der Waals surface area contributed by atoms with Crippen LogP contribution in [0.25, 0.3) is 11.1 Å². The Kier molecular flexibility index (Phi) is 3.58. The van der Waals surface area contributed by atoms with Gasteiger partial charge in [-0.15, -0.1) is 0 Å². The van der Waals surface area contributed by atoms with Crippen molar-refractivity contribution in [2.75, 3.05) is 0 Å². The molecule has 0 unspecified atom stereocenters. The molecule has 4 heteroatoms. The fourth-order valence-corrected chi connectivity index (χ4v) is 2.73. The summed E-state index contributed by atoms with van der Waals surface area (Å²) in [6.45, 7) is 0. The maximum Gasteiger partial charge on any atom is 0.123 e. The Labute approximate surface area is 121 Å². The van der Waals surface area contributed by atoms with Crippen molar-refractivity contribution in [2.24, 2.45) is 0 Å². The number of hydrogen-bond donors (Lipinski definition) is 2. The number of phenolic OH excluding ortho intramolecular Hbond substituents is 2. The van der Waals surface area contributed by atoms with E-state index < -0.39 is 0 Å². The summed E-state index contributed by atoms with van der Waals surface area (Å²) >= 11 is 4.35. The van der Waals surface area contributed by atoms with Crippen LogP contribution in [0.5, 0.6) is 11.5 Å². The maximum absolute atomic E-state index is 9.81. The molecule has 0 heterocycles. The van der Waals surface area contributed by atoms with E-state index in [1.54, 1.807) is 18.2 Å². The molecule has 2 aromatic rings. The third-order valence-electron chi connectivity index (χ3n) is 2.20. The first kappa shape index (κ1) is 12.0. The van der Waals surface area contributed by atoms with Crippen molar-refractivity contribution in [1.82, 2.24) is 0 Å². The molecular formula is C12H8I2O2. The highest BCUT2D eigenvalue weighted by molar-refractivity contribution is 14.1. The number of benzene rings is 2. The molecule has 0 aliphatic rings. The van der Waals surface area contributed by atoms with Gasteiger partial charge in [-0.05, 0) is 87.1 Å². The predicted octanol–water partition coefficient (Wildman–Crippen LogP) is 3.97. The second kappa shape index (κ2) is 4.79. The van der Waals surface area contributed by atoms with Crippen LogP contribution in [0.3, 0.4) is 0 Å². The molecule has 0 aliphatic carbocycles. The molecule has 16 heavy (non-hydrogen) atoms. The number of hydrogen-bond acceptors (Lipinski definition) is 2. The lowest BCUT2D eigenvalue weighted by molar-refractivity contribution is 0.473. The minimum Gasteiger partial charge on any atom is -0.508 e. The van der Waals surface area contributed by atoms with E-state index in [4.69, 9.17) is 0 Å². The Hall–Kier alpha value is -0.500. The minimum atomic E-state index is 0.235. The van der Waals surface area contributed by atoms with Gasteiger partial charge in [-0.2, -0.15) is 0 Å². The van der Waals surface area contributed by atoms with Gasteiger partial charge in [0.1, 0.15) is 11.5 Å². The van der Waals surface area contributed by atoms with Crippen LogP contribution in [-0.2, 0) is 0 Å². The molecule has 82 valence electrons. The zero-order chi connectivity index (χ0) is 11.7. The fraction of sp³-hybridized carbons (Fsp3) is 0. The minimum absolute atomic E-state index is 0.235. The molecule has 0 atom stereocenters. The van der Waals surface area contributed by atoms with Gasteiger partial charge in [-0.3, -0.25) is 0 Å². The van der Waals surface area contributed by atoms with E-state index in [-0.39, 0.29) is 11.5 Å². The van der Waals surface area contributed by atoms with Gasteiger partial charge in [0.2, 0.25) is 0 Å². The second-order valence-corrected chi connectivity index (χ2v) is 5.73. The van der Waals surface area contributed by atoms with Crippen LogP contribution in [0.4, 0.5) is 0 Å². The number of phenols is 2. The van der Waals surface area contributed by atoms with Gasteiger partial charge in [-0.1, -0.05) is 0 Å². The van der Waals surface area contributed by atoms with E-state index >= 15 is 0 Å². The van der Waals surface area contributed by atoms with E-state index in [0.717, 1.165) is 18.3 Å². The monoisotopic (exact) mass is 438 g/mol. The van der Waals surface area contributed by atoms with Crippen molar-refractivity contribution >= 4 is 45.2 Å². The Morgan fingerprint density at radius 3 is 2.25 bits per heavy atom. The van der Waals surface area contributed by atoms with Crippen LogP contribution < -0.4 is 0 Å². The first-order valence-electron chi connectivity index (χ1n) is 4.55. The van der Waals surface area contributed by atoms with Crippen molar-refractivity contribution < 1.29 is 10.2 Å². The van der Waals surface area contributed by atoms with Crippen LogP contribution in [0.1, 0.15) is 0 Å². The smallest absolute Gasteiger partial charge is 0.123 e. The van der Waals surface area contributed by atoms with Crippen LogP contribution in [-0.4, -0.2) is 10.2 Å². The lowest BCUT2D eigenvalue weighted by Gasteiger charge is -2.08. The number of halogens is 2. The largest absolute Gasteiger partial charge is 0.508 e. The van der Waals surface area contributed by atoms with Crippen LogP contribution >= 0.6 is 45.2 Å². The third-order valence-corrected chi connectivity index (χ3v) is 3.76.